The Hall–Kier alpha value is -3.19. The summed E-state index contributed by atoms with van der Waals surface area (Å²) in [6.07, 6.45) is 0. The number of halogens is 1. The number of amides is 2. The largest absolute Gasteiger partial charge is 0.375 e. The van der Waals surface area contributed by atoms with Gasteiger partial charge in [0, 0.05) is 29.4 Å². The van der Waals surface area contributed by atoms with Gasteiger partial charge in [0.1, 0.15) is 18.1 Å². The number of ether oxygens (including phenoxy) is 1. The van der Waals surface area contributed by atoms with Crippen molar-refractivity contribution in [1.82, 2.24) is 4.98 Å². The van der Waals surface area contributed by atoms with Crippen molar-refractivity contribution in [3.8, 4) is 0 Å². The van der Waals surface area contributed by atoms with Crippen molar-refractivity contribution in [2.45, 2.75) is 0 Å². The number of benzene rings is 2. The summed E-state index contributed by atoms with van der Waals surface area (Å²) in [7, 11) is 1.44. The quantitative estimate of drug-likeness (QED) is 0.667. The molecule has 7 heteroatoms. The minimum Gasteiger partial charge on any atom is -0.375 e. The van der Waals surface area contributed by atoms with Crippen molar-refractivity contribution in [3.63, 3.8) is 0 Å². The SMILES string of the molecule is COCC(=O)Nc1ccc(NC(=O)c2cc3cc(F)ccc3[nH]2)cc1. The van der Waals surface area contributed by atoms with Crippen LogP contribution in [0.15, 0.2) is 48.5 Å². The summed E-state index contributed by atoms with van der Waals surface area (Å²) >= 11 is 0. The summed E-state index contributed by atoms with van der Waals surface area (Å²) in [5.74, 6) is -0.957. The molecule has 0 aliphatic rings. The molecular weight excluding hydrogens is 325 g/mol. The molecule has 1 heterocycles. The van der Waals surface area contributed by atoms with E-state index in [1.807, 2.05) is 0 Å². The number of rotatable bonds is 5. The molecule has 0 aliphatic heterocycles. The van der Waals surface area contributed by atoms with Crippen LogP contribution in [-0.2, 0) is 9.53 Å². The van der Waals surface area contributed by atoms with Crippen LogP contribution in [0.1, 0.15) is 10.5 Å². The Labute approximate surface area is 143 Å². The van der Waals surface area contributed by atoms with E-state index < -0.39 is 0 Å². The summed E-state index contributed by atoms with van der Waals surface area (Å²) in [6, 6.07) is 12.5. The molecule has 0 saturated carbocycles. The number of H-pyrrole nitrogens is 1. The van der Waals surface area contributed by atoms with Gasteiger partial charge in [0.05, 0.1) is 0 Å². The fourth-order valence-electron chi connectivity index (χ4n) is 2.39. The third kappa shape index (κ3) is 4.02. The molecule has 0 aliphatic carbocycles. The number of fused-ring (bicyclic) bond motifs is 1. The van der Waals surface area contributed by atoms with Crippen LogP contribution in [0.2, 0.25) is 0 Å². The zero-order valence-corrected chi connectivity index (χ0v) is 13.4. The molecule has 0 bridgehead atoms. The maximum absolute atomic E-state index is 13.2. The van der Waals surface area contributed by atoms with Gasteiger partial charge in [-0.15, -0.1) is 0 Å². The number of hydrogen-bond acceptors (Lipinski definition) is 3. The van der Waals surface area contributed by atoms with E-state index in [9.17, 15) is 14.0 Å². The first-order chi connectivity index (χ1) is 12.0. The topological polar surface area (TPSA) is 83.2 Å². The number of carbonyl (C=O) groups excluding carboxylic acids is 2. The van der Waals surface area contributed by atoms with Gasteiger partial charge in [0.2, 0.25) is 5.91 Å². The second-order valence-electron chi connectivity index (χ2n) is 5.43. The molecule has 2 aromatic carbocycles. The molecule has 2 amide bonds. The van der Waals surface area contributed by atoms with E-state index in [1.165, 1.54) is 19.2 Å². The van der Waals surface area contributed by atoms with E-state index in [4.69, 9.17) is 4.74 Å². The number of methoxy groups -OCH3 is 1. The smallest absolute Gasteiger partial charge is 0.272 e. The molecule has 0 fully saturated rings. The summed E-state index contributed by atoms with van der Waals surface area (Å²) in [5, 5.41) is 6.02. The van der Waals surface area contributed by atoms with Gasteiger partial charge in [-0.1, -0.05) is 0 Å². The Morgan fingerprint density at radius 2 is 1.72 bits per heavy atom. The van der Waals surface area contributed by atoms with Crippen LogP contribution in [0.3, 0.4) is 0 Å². The van der Waals surface area contributed by atoms with Crippen LogP contribution < -0.4 is 10.6 Å². The molecule has 0 atom stereocenters. The molecule has 0 spiro atoms. The second-order valence-corrected chi connectivity index (χ2v) is 5.43. The number of aromatic nitrogens is 1. The minimum atomic E-state index is -0.357. The Kier molecular flexibility index (Phi) is 4.76. The Bertz CT molecular complexity index is 919. The highest BCUT2D eigenvalue weighted by atomic mass is 19.1. The molecular formula is C18H16FN3O3. The molecule has 1 aromatic heterocycles. The van der Waals surface area contributed by atoms with Crippen molar-refractivity contribution in [1.29, 1.82) is 0 Å². The fraction of sp³-hybridized carbons (Fsp3) is 0.111. The molecule has 25 heavy (non-hydrogen) atoms. The summed E-state index contributed by atoms with van der Waals surface area (Å²) < 4.78 is 18.0. The first-order valence-corrected chi connectivity index (χ1v) is 7.53. The molecule has 3 rings (SSSR count). The minimum absolute atomic E-state index is 0.0283. The van der Waals surface area contributed by atoms with Crippen LogP contribution in [0.25, 0.3) is 10.9 Å². The fourth-order valence-corrected chi connectivity index (χ4v) is 2.39. The van der Waals surface area contributed by atoms with Gasteiger partial charge in [-0.2, -0.15) is 0 Å². The average Bonchev–Trinajstić information content (AvgIpc) is 3.00. The van der Waals surface area contributed by atoms with Gasteiger partial charge in [0.25, 0.3) is 5.91 Å². The first kappa shape index (κ1) is 16.7. The van der Waals surface area contributed by atoms with Gasteiger partial charge in [-0.25, -0.2) is 4.39 Å². The number of hydrogen-bond donors (Lipinski definition) is 3. The number of carbonyl (C=O) groups is 2. The van der Waals surface area contributed by atoms with E-state index >= 15 is 0 Å². The highest BCUT2D eigenvalue weighted by Gasteiger charge is 2.10. The molecule has 0 radical (unpaired) electrons. The molecule has 0 saturated heterocycles. The van der Waals surface area contributed by atoms with Crippen molar-refractivity contribution >= 4 is 34.1 Å². The van der Waals surface area contributed by atoms with Gasteiger partial charge in [0.15, 0.2) is 0 Å². The van der Waals surface area contributed by atoms with E-state index in [-0.39, 0.29) is 24.2 Å². The number of nitrogens with one attached hydrogen (secondary N) is 3. The van der Waals surface area contributed by atoms with Gasteiger partial charge < -0.3 is 20.4 Å². The van der Waals surface area contributed by atoms with Crippen LogP contribution in [0, 0.1) is 5.82 Å². The van der Waals surface area contributed by atoms with Gasteiger partial charge >= 0.3 is 0 Å². The molecule has 6 nitrogen and oxygen atoms in total. The lowest BCUT2D eigenvalue weighted by molar-refractivity contribution is -0.119. The molecule has 0 unspecified atom stereocenters. The summed E-state index contributed by atoms with van der Waals surface area (Å²) in [4.78, 5) is 26.7. The average molecular weight is 341 g/mol. The lowest BCUT2D eigenvalue weighted by atomic mass is 10.2. The highest BCUT2D eigenvalue weighted by molar-refractivity contribution is 6.06. The standard InChI is InChI=1S/C18H16FN3O3/c1-25-10-17(23)20-13-3-5-14(6-4-13)21-18(24)16-9-11-8-12(19)2-7-15(11)22-16/h2-9,22H,10H2,1H3,(H,20,23)(H,21,24). The monoisotopic (exact) mass is 341 g/mol. The number of aromatic amines is 1. The second kappa shape index (κ2) is 7.14. The van der Waals surface area contributed by atoms with Gasteiger partial charge in [-0.05, 0) is 48.5 Å². The Morgan fingerprint density at radius 3 is 2.40 bits per heavy atom. The third-order valence-corrected chi connectivity index (χ3v) is 3.53. The van der Waals surface area contributed by atoms with Crippen molar-refractivity contribution in [2.24, 2.45) is 0 Å². The zero-order chi connectivity index (χ0) is 17.8. The maximum atomic E-state index is 13.2. The highest BCUT2D eigenvalue weighted by Crippen LogP contribution is 2.19. The van der Waals surface area contributed by atoms with Crippen LogP contribution >= 0.6 is 0 Å². The van der Waals surface area contributed by atoms with Crippen LogP contribution in [0.4, 0.5) is 15.8 Å². The Balaban J connectivity index is 1.68. The van der Waals surface area contributed by atoms with E-state index in [0.29, 0.717) is 28.0 Å². The normalized spacial score (nSPS) is 10.6. The lowest BCUT2D eigenvalue weighted by Gasteiger charge is -2.07. The third-order valence-electron chi connectivity index (χ3n) is 3.53. The van der Waals surface area contributed by atoms with Gasteiger partial charge in [-0.3, -0.25) is 9.59 Å². The van der Waals surface area contributed by atoms with Crippen molar-refractivity contribution in [3.05, 3.63) is 60.0 Å². The van der Waals surface area contributed by atoms with E-state index in [2.05, 4.69) is 15.6 Å². The first-order valence-electron chi connectivity index (χ1n) is 7.53. The Morgan fingerprint density at radius 1 is 1.04 bits per heavy atom. The molecule has 128 valence electrons. The molecule has 3 aromatic rings. The van der Waals surface area contributed by atoms with E-state index in [1.54, 1.807) is 36.4 Å². The zero-order valence-electron chi connectivity index (χ0n) is 13.4. The van der Waals surface area contributed by atoms with Crippen LogP contribution in [-0.4, -0.2) is 30.5 Å². The van der Waals surface area contributed by atoms with Crippen molar-refractivity contribution in [2.75, 3.05) is 24.4 Å². The summed E-state index contributed by atoms with van der Waals surface area (Å²) in [5.41, 5.74) is 2.18. The summed E-state index contributed by atoms with van der Waals surface area (Å²) in [6.45, 7) is -0.0283. The maximum Gasteiger partial charge on any atom is 0.272 e. The van der Waals surface area contributed by atoms with E-state index in [0.717, 1.165) is 0 Å². The number of anilines is 2. The predicted molar refractivity (Wildman–Crippen MR) is 93.2 cm³/mol. The molecule has 3 N–H and O–H groups in total. The van der Waals surface area contributed by atoms with Crippen molar-refractivity contribution < 1.29 is 18.7 Å². The van der Waals surface area contributed by atoms with Crippen LogP contribution in [0.5, 0.6) is 0 Å². The lowest BCUT2D eigenvalue weighted by Crippen LogP contribution is -2.17. The predicted octanol–water partition coefficient (Wildman–Crippen LogP) is 3.14.